The van der Waals surface area contributed by atoms with Crippen molar-refractivity contribution in [2.24, 2.45) is 0 Å². The first kappa shape index (κ1) is 14.3. The second-order valence-corrected chi connectivity index (χ2v) is 7.61. The van der Waals surface area contributed by atoms with E-state index in [1.165, 1.54) is 16.4 Å². The first-order valence-corrected chi connectivity index (χ1v) is 8.49. The van der Waals surface area contributed by atoms with Crippen molar-refractivity contribution in [1.29, 1.82) is 0 Å². The summed E-state index contributed by atoms with van der Waals surface area (Å²) in [7, 11) is -3.78. The van der Waals surface area contributed by atoms with Gasteiger partial charge in [-0.05, 0) is 37.6 Å². The van der Waals surface area contributed by atoms with Crippen LogP contribution in [0, 0.1) is 5.82 Å². The molecule has 20 heavy (non-hydrogen) atoms. The normalized spacial score (nSPS) is 24.8. The van der Waals surface area contributed by atoms with Gasteiger partial charge in [0.25, 0.3) is 0 Å². The highest BCUT2D eigenvalue weighted by molar-refractivity contribution is 7.89. The topological polar surface area (TPSA) is 40.6 Å². The fraction of sp³-hybridized carbons (Fsp3) is 0.538. The van der Waals surface area contributed by atoms with Crippen LogP contribution in [0.1, 0.15) is 12.8 Å². The summed E-state index contributed by atoms with van der Waals surface area (Å²) in [6.45, 7) is 2.62. The van der Waals surface area contributed by atoms with Gasteiger partial charge >= 0.3 is 0 Å². The molecule has 0 amide bonds. The van der Waals surface area contributed by atoms with Crippen molar-refractivity contribution in [3.05, 3.63) is 29.0 Å². The SMILES string of the molecule is O=S(=O)(c1ccc(Cl)cc1F)N1CCN2CCC[C@H]2C1. The van der Waals surface area contributed by atoms with Crippen molar-refractivity contribution < 1.29 is 12.8 Å². The van der Waals surface area contributed by atoms with Crippen LogP contribution in [0.3, 0.4) is 0 Å². The molecule has 0 radical (unpaired) electrons. The Morgan fingerprint density at radius 2 is 2.05 bits per heavy atom. The molecule has 0 spiro atoms. The molecule has 0 saturated carbocycles. The molecule has 0 unspecified atom stereocenters. The number of nitrogens with zero attached hydrogens (tertiary/aromatic N) is 2. The van der Waals surface area contributed by atoms with Gasteiger partial charge in [0.05, 0.1) is 0 Å². The van der Waals surface area contributed by atoms with E-state index < -0.39 is 15.8 Å². The third-order valence-corrected chi connectivity index (χ3v) is 6.20. The molecule has 0 aliphatic carbocycles. The Bertz CT molecular complexity index is 623. The molecule has 4 nitrogen and oxygen atoms in total. The lowest BCUT2D eigenvalue weighted by Gasteiger charge is -2.36. The molecule has 2 fully saturated rings. The number of benzene rings is 1. The summed E-state index contributed by atoms with van der Waals surface area (Å²) >= 11 is 5.67. The highest BCUT2D eigenvalue weighted by atomic mass is 35.5. The summed E-state index contributed by atoms with van der Waals surface area (Å²) in [5.41, 5.74) is 0. The summed E-state index contributed by atoms with van der Waals surface area (Å²) in [6, 6.07) is 3.96. The standard InChI is InChI=1S/C13H16ClFN2O2S/c14-10-3-4-13(12(15)8-10)20(18,19)17-7-6-16-5-1-2-11(16)9-17/h3-4,8,11H,1-2,5-7,9H2/t11-/m0/s1. The monoisotopic (exact) mass is 318 g/mol. The molecule has 0 N–H and O–H groups in total. The van der Waals surface area contributed by atoms with Gasteiger partial charge in [0.15, 0.2) is 0 Å². The zero-order chi connectivity index (χ0) is 14.3. The molecule has 0 aromatic heterocycles. The van der Waals surface area contributed by atoms with Crippen LogP contribution in [-0.2, 0) is 10.0 Å². The van der Waals surface area contributed by atoms with E-state index in [-0.39, 0.29) is 16.0 Å². The number of hydrogen-bond donors (Lipinski definition) is 0. The molecule has 0 bridgehead atoms. The Kier molecular flexibility index (Phi) is 3.75. The Labute approximate surface area is 123 Å². The molecular weight excluding hydrogens is 303 g/mol. The van der Waals surface area contributed by atoms with E-state index in [1.54, 1.807) is 0 Å². The molecule has 3 rings (SSSR count). The maximum absolute atomic E-state index is 13.9. The molecule has 1 aromatic carbocycles. The van der Waals surface area contributed by atoms with Crippen LogP contribution in [0.5, 0.6) is 0 Å². The summed E-state index contributed by atoms with van der Waals surface area (Å²) in [5.74, 6) is -0.786. The van der Waals surface area contributed by atoms with Crippen molar-refractivity contribution in [2.75, 3.05) is 26.2 Å². The lowest BCUT2D eigenvalue weighted by molar-refractivity contribution is 0.158. The predicted octanol–water partition coefficient (Wildman–Crippen LogP) is 1.95. The zero-order valence-electron chi connectivity index (χ0n) is 10.9. The fourth-order valence-corrected chi connectivity index (χ4v) is 4.68. The van der Waals surface area contributed by atoms with E-state index in [1.807, 2.05) is 0 Å². The van der Waals surface area contributed by atoms with Gasteiger partial charge in [0, 0.05) is 30.7 Å². The average molecular weight is 319 g/mol. The third kappa shape index (κ3) is 2.45. The molecular formula is C13H16ClFN2O2S. The molecule has 2 aliphatic rings. The quantitative estimate of drug-likeness (QED) is 0.837. The molecule has 7 heteroatoms. The van der Waals surface area contributed by atoms with E-state index in [9.17, 15) is 12.8 Å². The van der Waals surface area contributed by atoms with Crippen LogP contribution in [0.4, 0.5) is 4.39 Å². The second kappa shape index (κ2) is 5.26. The Balaban J connectivity index is 1.88. The Morgan fingerprint density at radius 1 is 1.25 bits per heavy atom. The number of piperazine rings is 1. The van der Waals surface area contributed by atoms with Crippen LogP contribution in [-0.4, -0.2) is 49.8 Å². The van der Waals surface area contributed by atoms with Crippen molar-refractivity contribution in [3.63, 3.8) is 0 Å². The number of hydrogen-bond acceptors (Lipinski definition) is 3. The van der Waals surface area contributed by atoms with Crippen LogP contribution in [0.2, 0.25) is 5.02 Å². The van der Waals surface area contributed by atoms with Gasteiger partial charge in [-0.15, -0.1) is 0 Å². The van der Waals surface area contributed by atoms with E-state index in [0.717, 1.165) is 32.0 Å². The summed E-state index contributed by atoms with van der Waals surface area (Å²) < 4.78 is 40.3. The van der Waals surface area contributed by atoms with Gasteiger partial charge in [0.1, 0.15) is 10.7 Å². The van der Waals surface area contributed by atoms with Gasteiger partial charge in [-0.3, -0.25) is 4.90 Å². The van der Waals surface area contributed by atoms with Crippen molar-refractivity contribution >= 4 is 21.6 Å². The van der Waals surface area contributed by atoms with E-state index in [4.69, 9.17) is 11.6 Å². The van der Waals surface area contributed by atoms with Gasteiger partial charge < -0.3 is 0 Å². The van der Waals surface area contributed by atoms with Gasteiger partial charge in [-0.25, -0.2) is 12.8 Å². The first-order valence-electron chi connectivity index (χ1n) is 6.68. The zero-order valence-corrected chi connectivity index (χ0v) is 12.5. The van der Waals surface area contributed by atoms with Crippen LogP contribution >= 0.6 is 11.6 Å². The van der Waals surface area contributed by atoms with Crippen molar-refractivity contribution in [3.8, 4) is 0 Å². The highest BCUT2D eigenvalue weighted by Gasteiger charge is 2.37. The molecule has 110 valence electrons. The molecule has 1 aromatic rings. The number of sulfonamides is 1. The minimum Gasteiger partial charge on any atom is -0.298 e. The molecule has 2 heterocycles. The van der Waals surface area contributed by atoms with E-state index in [2.05, 4.69) is 4.90 Å². The van der Waals surface area contributed by atoms with E-state index in [0.29, 0.717) is 13.1 Å². The smallest absolute Gasteiger partial charge is 0.246 e. The van der Waals surface area contributed by atoms with Crippen LogP contribution in [0.15, 0.2) is 23.1 Å². The summed E-state index contributed by atoms with van der Waals surface area (Å²) in [5, 5.41) is 0.196. The van der Waals surface area contributed by atoms with Crippen LogP contribution < -0.4 is 0 Å². The average Bonchev–Trinajstić information content (AvgIpc) is 2.85. The van der Waals surface area contributed by atoms with Crippen LogP contribution in [0.25, 0.3) is 0 Å². The number of rotatable bonds is 2. The third-order valence-electron chi connectivity index (χ3n) is 4.06. The largest absolute Gasteiger partial charge is 0.298 e. The van der Waals surface area contributed by atoms with Gasteiger partial charge in [-0.2, -0.15) is 4.31 Å². The molecule has 1 atom stereocenters. The lowest BCUT2D eigenvalue weighted by Crippen LogP contribution is -2.52. The molecule has 2 aliphatic heterocycles. The highest BCUT2D eigenvalue weighted by Crippen LogP contribution is 2.27. The maximum atomic E-state index is 13.9. The minimum absolute atomic E-state index is 0.196. The van der Waals surface area contributed by atoms with Crippen molar-refractivity contribution in [2.45, 2.75) is 23.8 Å². The fourth-order valence-electron chi connectivity index (χ4n) is 3.00. The number of fused-ring (bicyclic) bond motifs is 1. The lowest BCUT2D eigenvalue weighted by atomic mass is 10.2. The van der Waals surface area contributed by atoms with E-state index >= 15 is 0 Å². The molecule has 2 saturated heterocycles. The van der Waals surface area contributed by atoms with Gasteiger partial charge in [-0.1, -0.05) is 11.6 Å². The Hall–Kier alpha value is -0.690. The first-order chi connectivity index (χ1) is 9.48. The maximum Gasteiger partial charge on any atom is 0.246 e. The predicted molar refractivity (Wildman–Crippen MR) is 74.8 cm³/mol. The Morgan fingerprint density at radius 3 is 2.80 bits per heavy atom. The van der Waals surface area contributed by atoms with Crippen molar-refractivity contribution in [1.82, 2.24) is 9.21 Å². The second-order valence-electron chi connectivity index (χ2n) is 5.27. The number of halogens is 2. The summed E-state index contributed by atoms with van der Waals surface area (Å²) in [4.78, 5) is 2.03. The summed E-state index contributed by atoms with van der Waals surface area (Å²) in [6.07, 6.45) is 2.11. The minimum atomic E-state index is -3.78. The van der Waals surface area contributed by atoms with Gasteiger partial charge in [0.2, 0.25) is 10.0 Å².